The smallest absolute Gasteiger partial charge is 0.325 e. The molecule has 32 heavy (non-hydrogen) atoms. The lowest BCUT2D eigenvalue weighted by Crippen LogP contribution is -2.32. The van der Waals surface area contributed by atoms with E-state index in [9.17, 15) is 34.8 Å². The van der Waals surface area contributed by atoms with Crippen LogP contribution in [0.1, 0.15) is 34.9 Å². The Balaban J connectivity index is 2.15. The van der Waals surface area contributed by atoms with Gasteiger partial charge < -0.3 is 4.90 Å². The molecule has 14 heteroatoms. The van der Waals surface area contributed by atoms with Gasteiger partial charge in [0.05, 0.1) is 29.7 Å². The first kappa shape index (κ1) is 24.5. The van der Waals surface area contributed by atoms with Crippen molar-refractivity contribution < 1.29 is 38.9 Å². The van der Waals surface area contributed by atoms with Crippen molar-refractivity contribution in [1.82, 2.24) is 9.97 Å². The van der Waals surface area contributed by atoms with Crippen LogP contribution in [-0.2, 0) is 26.7 Å². The summed E-state index contributed by atoms with van der Waals surface area (Å²) in [5.74, 6) is -0.599. The minimum absolute atomic E-state index is 0.0452. The van der Waals surface area contributed by atoms with E-state index in [1.807, 2.05) is 0 Å². The average molecular weight is 504 g/mol. The van der Waals surface area contributed by atoms with E-state index in [-0.39, 0.29) is 48.0 Å². The number of fused-ring (bicyclic) bond motifs is 1. The highest BCUT2D eigenvalue weighted by molar-refractivity contribution is 7.85. The summed E-state index contributed by atoms with van der Waals surface area (Å²) in [6.07, 6.45) is -9.12. The molecular weight excluding hydrogens is 488 g/mol. The lowest BCUT2D eigenvalue weighted by atomic mass is 9.93. The van der Waals surface area contributed by atoms with Crippen molar-refractivity contribution >= 4 is 33.2 Å². The monoisotopic (exact) mass is 503 g/mol. The van der Waals surface area contributed by atoms with Crippen molar-refractivity contribution in [2.45, 2.75) is 31.6 Å². The Kier molecular flexibility index (Phi) is 6.39. The van der Waals surface area contributed by atoms with Gasteiger partial charge in [-0.15, -0.1) is 0 Å². The van der Waals surface area contributed by atoms with Crippen molar-refractivity contribution in [3.63, 3.8) is 0 Å². The van der Waals surface area contributed by atoms with Crippen LogP contribution >= 0.6 is 11.6 Å². The fourth-order valence-corrected chi connectivity index (χ4v) is 4.18. The van der Waals surface area contributed by atoms with Gasteiger partial charge in [-0.25, -0.2) is 9.97 Å². The highest BCUT2D eigenvalue weighted by atomic mass is 35.5. The van der Waals surface area contributed by atoms with Gasteiger partial charge in [0.1, 0.15) is 16.8 Å². The number of anilines is 2. The SMILES string of the molecule is Cc1nc(Cl)c2c(n1)N(c1ccc(C(F)(F)F)cc1C(F)(F)F)CC[C@@H]2COS(C)(=O)=O. The molecule has 0 amide bonds. The lowest BCUT2D eigenvalue weighted by Gasteiger charge is -2.36. The Morgan fingerprint density at radius 2 is 1.81 bits per heavy atom. The molecule has 0 saturated carbocycles. The largest absolute Gasteiger partial charge is 0.418 e. The van der Waals surface area contributed by atoms with E-state index in [1.54, 1.807) is 0 Å². The molecule has 0 aliphatic carbocycles. The van der Waals surface area contributed by atoms with Crippen molar-refractivity contribution in [2.24, 2.45) is 0 Å². The summed E-state index contributed by atoms with van der Waals surface area (Å²) < 4.78 is 108. The van der Waals surface area contributed by atoms with E-state index in [4.69, 9.17) is 15.8 Å². The number of halogens is 7. The van der Waals surface area contributed by atoms with Gasteiger partial charge >= 0.3 is 12.4 Å². The van der Waals surface area contributed by atoms with Gasteiger partial charge in [-0.3, -0.25) is 4.18 Å². The van der Waals surface area contributed by atoms with Crippen LogP contribution in [0.4, 0.5) is 37.8 Å². The van der Waals surface area contributed by atoms with E-state index in [0.29, 0.717) is 6.07 Å². The Morgan fingerprint density at radius 1 is 1.16 bits per heavy atom. The second kappa shape index (κ2) is 8.34. The van der Waals surface area contributed by atoms with Gasteiger partial charge in [0, 0.05) is 18.0 Å². The summed E-state index contributed by atoms with van der Waals surface area (Å²) in [5.41, 5.74) is -3.32. The number of hydrogen-bond acceptors (Lipinski definition) is 6. The summed E-state index contributed by atoms with van der Waals surface area (Å²) in [4.78, 5) is 9.24. The van der Waals surface area contributed by atoms with E-state index in [2.05, 4.69) is 9.97 Å². The molecule has 0 N–H and O–H groups in total. The average Bonchev–Trinajstić information content (AvgIpc) is 2.63. The van der Waals surface area contributed by atoms with Crippen LogP contribution in [-0.4, -0.2) is 37.8 Å². The maximum absolute atomic E-state index is 13.7. The third-order valence-corrected chi connectivity index (χ3v) is 5.61. The predicted octanol–water partition coefficient (Wildman–Crippen LogP) is 5.08. The third-order valence-electron chi connectivity index (χ3n) is 4.76. The maximum atomic E-state index is 13.7. The molecule has 0 fully saturated rings. The van der Waals surface area contributed by atoms with Gasteiger partial charge in [-0.2, -0.15) is 34.8 Å². The zero-order valence-electron chi connectivity index (χ0n) is 16.6. The summed E-state index contributed by atoms with van der Waals surface area (Å²) in [7, 11) is -3.81. The number of aromatic nitrogens is 2. The van der Waals surface area contributed by atoms with Gasteiger partial charge in [-0.05, 0) is 31.5 Å². The molecule has 1 aromatic carbocycles. The molecule has 0 bridgehead atoms. The highest BCUT2D eigenvalue weighted by Crippen LogP contribution is 2.46. The summed E-state index contributed by atoms with van der Waals surface area (Å²) in [6, 6.07) is 1.33. The number of hydrogen-bond donors (Lipinski definition) is 0. The van der Waals surface area contributed by atoms with Crippen LogP contribution in [0.5, 0.6) is 0 Å². The van der Waals surface area contributed by atoms with Gasteiger partial charge in [-0.1, -0.05) is 11.6 Å². The van der Waals surface area contributed by atoms with Crippen molar-refractivity contribution in [3.05, 3.63) is 45.9 Å². The zero-order valence-corrected chi connectivity index (χ0v) is 18.1. The second-order valence-electron chi connectivity index (χ2n) is 7.15. The number of rotatable bonds is 4. The van der Waals surface area contributed by atoms with Crippen molar-refractivity contribution in [2.75, 3.05) is 24.3 Å². The molecule has 2 aromatic rings. The fraction of sp³-hybridized carbons (Fsp3) is 0.444. The number of benzene rings is 1. The minimum atomic E-state index is -5.08. The van der Waals surface area contributed by atoms with Crippen molar-refractivity contribution in [3.8, 4) is 0 Å². The molecule has 1 atom stereocenters. The molecule has 3 rings (SSSR count). The standard InChI is InChI=1S/C18H16ClF6N3O3S/c1-9-26-15(19)14-10(8-31-32(2,29)30)5-6-28(16(14)27-9)13-4-3-11(17(20,21)22)7-12(13)18(23,24)25/h3-4,7,10H,5-6,8H2,1-2H3/t10-/m1/s1. The Labute approximate surface area is 184 Å². The molecular formula is C18H16ClF6N3O3S. The first-order chi connectivity index (χ1) is 14.6. The molecule has 2 heterocycles. The number of nitrogens with zero attached hydrogens (tertiary/aromatic N) is 3. The quantitative estimate of drug-likeness (QED) is 0.329. The van der Waals surface area contributed by atoms with E-state index >= 15 is 0 Å². The normalized spacial score (nSPS) is 17.4. The van der Waals surface area contributed by atoms with Crippen molar-refractivity contribution in [1.29, 1.82) is 0 Å². The summed E-state index contributed by atoms with van der Waals surface area (Å²) in [6.45, 7) is 0.995. The van der Waals surface area contributed by atoms with Gasteiger partial charge in [0.25, 0.3) is 10.1 Å². The topological polar surface area (TPSA) is 72.4 Å². The van der Waals surface area contributed by atoms with Crippen LogP contribution in [0.15, 0.2) is 18.2 Å². The van der Waals surface area contributed by atoms with Crippen LogP contribution < -0.4 is 4.90 Å². The van der Waals surface area contributed by atoms with E-state index in [0.717, 1.165) is 17.2 Å². The van der Waals surface area contributed by atoms with Crippen LogP contribution in [0.2, 0.25) is 5.15 Å². The molecule has 0 saturated heterocycles. The Morgan fingerprint density at radius 3 is 2.38 bits per heavy atom. The fourth-order valence-electron chi connectivity index (χ4n) is 3.41. The van der Waals surface area contributed by atoms with Crippen LogP contribution in [0, 0.1) is 6.92 Å². The van der Waals surface area contributed by atoms with Gasteiger partial charge in [0.2, 0.25) is 0 Å². The molecule has 6 nitrogen and oxygen atoms in total. The minimum Gasteiger partial charge on any atom is -0.325 e. The lowest BCUT2D eigenvalue weighted by molar-refractivity contribution is -0.142. The molecule has 1 aliphatic rings. The molecule has 176 valence electrons. The maximum Gasteiger partial charge on any atom is 0.418 e. The van der Waals surface area contributed by atoms with E-state index in [1.165, 1.54) is 6.92 Å². The first-order valence-corrected chi connectivity index (χ1v) is 11.2. The summed E-state index contributed by atoms with van der Waals surface area (Å²) in [5, 5.41) is -0.111. The number of alkyl halides is 6. The summed E-state index contributed by atoms with van der Waals surface area (Å²) >= 11 is 6.21. The molecule has 1 aliphatic heterocycles. The zero-order chi connectivity index (χ0) is 24.1. The Bertz CT molecular complexity index is 1140. The molecule has 0 radical (unpaired) electrons. The van der Waals surface area contributed by atoms with E-state index < -0.39 is 45.2 Å². The second-order valence-corrected chi connectivity index (χ2v) is 9.15. The molecule has 0 unspecified atom stereocenters. The first-order valence-electron chi connectivity index (χ1n) is 9.02. The predicted molar refractivity (Wildman–Crippen MR) is 103 cm³/mol. The van der Waals surface area contributed by atoms with Gasteiger partial charge in [0.15, 0.2) is 0 Å². The molecule has 1 aromatic heterocycles. The molecule has 0 spiro atoms. The third kappa shape index (κ3) is 5.26. The highest BCUT2D eigenvalue weighted by Gasteiger charge is 2.41. The van der Waals surface area contributed by atoms with Crippen LogP contribution in [0.3, 0.4) is 0 Å². The van der Waals surface area contributed by atoms with Crippen LogP contribution in [0.25, 0.3) is 0 Å². The Hall–Kier alpha value is -2.12. The number of aryl methyl sites for hydroxylation is 1.